The van der Waals surface area contributed by atoms with E-state index in [4.69, 9.17) is 0 Å². The molecular formula is C27H16IrN5-. The molecule has 1 radical (unpaired) electrons. The van der Waals surface area contributed by atoms with E-state index in [1.54, 1.807) is 0 Å². The minimum Gasteiger partial charge on any atom is -0.347 e. The van der Waals surface area contributed by atoms with Crippen molar-refractivity contribution < 1.29 is 20.1 Å². The van der Waals surface area contributed by atoms with Gasteiger partial charge in [-0.3, -0.25) is 15.0 Å². The molecule has 2 aromatic carbocycles. The Morgan fingerprint density at radius 1 is 0.697 bits per heavy atom. The van der Waals surface area contributed by atoms with Crippen LogP contribution in [-0.2, 0) is 20.1 Å². The van der Waals surface area contributed by atoms with E-state index in [0.29, 0.717) is 0 Å². The summed E-state index contributed by atoms with van der Waals surface area (Å²) in [5.74, 6) is 0. The average Bonchev–Trinajstić information content (AvgIpc) is 3.47. The number of fused-ring (bicyclic) bond motifs is 6. The molecule has 0 N–H and O–H groups in total. The molecule has 7 aromatic rings. The Morgan fingerprint density at radius 2 is 1.42 bits per heavy atom. The van der Waals surface area contributed by atoms with Crippen molar-refractivity contribution in [1.29, 1.82) is 0 Å². The molecule has 0 amide bonds. The summed E-state index contributed by atoms with van der Waals surface area (Å²) < 4.78 is 4.29. The van der Waals surface area contributed by atoms with Gasteiger partial charge in [0.05, 0.1) is 16.7 Å². The molecule has 0 saturated heterocycles. The summed E-state index contributed by atoms with van der Waals surface area (Å²) in [6.45, 7) is 0. The number of hydrogen-bond acceptors (Lipinski definition) is 3. The Morgan fingerprint density at radius 3 is 2.15 bits per heavy atom. The van der Waals surface area contributed by atoms with Gasteiger partial charge in [0, 0.05) is 73.7 Å². The second-order valence-electron chi connectivity index (χ2n) is 7.82. The van der Waals surface area contributed by atoms with Crippen LogP contribution in [0.4, 0.5) is 0 Å². The normalized spacial score (nSPS) is 11.4. The van der Waals surface area contributed by atoms with Gasteiger partial charge < -0.3 is 8.97 Å². The monoisotopic (exact) mass is 603 g/mol. The minimum absolute atomic E-state index is 0. The van der Waals surface area contributed by atoms with Crippen LogP contribution >= 0.6 is 0 Å². The van der Waals surface area contributed by atoms with Gasteiger partial charge in [0.25, 0.3) is 0 Å². The van der Waals surface area contributed by atoms with Gasteiger partial charge in [-0.2, -0.15) is 0 Å². The zero-order valence-corrected chi connectivity index (χ0v) is 19.7. The fourth-order valence-electron chi connectivity index (χ4n) is 4.68. The fourth-order valence-corrected chi connectivity index (χ4v) is 4.68. The summed E-state index contributed by atoms with van der Waals surface area (Å²) in [7, 11) is 0. The topological polar surface area (TPSA) is 48.0 Å². The van der Waals surface area contributed by atoms with Gasteiger partial charge in [-0.25, -0.2) is 0 Å². The first-order chi connectivity index (χ1) is 15.9. The first-order valence-electron chi connectivity index (χ1n) is 10.4. The summed E-state index contributed by atoms with van der Waals surface area (Å²) in [4.78, 5) is 13.1. The first-order valence-corrected chi connectivity index (χ1v) is 10.4. The van der Waals surface area contributed by atoms with E-state index in [1.807, 2.05) is 47.6 Å². The van der Waals surface area contributed by atoms with Crippen molar-refractivity contribution in [1.82, 2.24) is 23.9 Å². The van der Waals surface area contributed by atoms with Crippen molar-refractivity contribution in [3.8, 4) is 16.8 Å². The first kappa shape index (κ1) is 19.8. The van der Waals surface area contributed by atoms with Crippen molar-refractivity contribution in [3.63, 3.8) is 0 Å². The molecule has 7 rings (SSSR count). The molecule has 0 unspecified atom stereocenters. The molecule has 33 heavy (non-hydrogen) atoms. The summed E-state index contributed by atoms with van der Waals surface area (Å²) in [6.07, 6.45) is 13.3. The van der Waals surface area contributed by atoms with Crippen LogP contribution in [0.5, 0.6) is 0 Å². The molecule has 0 spiro atoms. The molecule has 0 aliphatic heterocycles. The molecular weight excluding hydrogens is 587 g/mol. The van der Waals surface area contributed by atoms with E-state index in [2.05, 4.69) is 80.3 Å². The van der Waals surface area contributed by atoms with Crippen LogP contribution in [0, 0.1) is 6.07 Å². The Bertz CT molecular complexity index is 1730. The number of imidazole rings is 1. The van der Waals surface area contributed by atoms with Crippen LogP contribution in [0.15, 0.2) is 98.0 Å². The zero-order chi connectivity index (χ0) is 21.1. The van der Waals surface area contributed by atoms with Gasteiger partial charge in [-0.05, 0) is 36.0 Å². The maximum Gasteiger partial charge on any atom is 0.0603 e. The number of benzene rings is 2. The summed E-state index contributed by atoms with van der Waals surface area (Å²) in [6, 6.07) is 22.4. The molecule has 5 nitrogen and oxygen atoms in total. The maximum absolute atomic E-state index is 4.51. The maximum atomic E-state index is 4.51. The quantitative estimate of drug-likeness (QED) is 0.234. The molecule has 0 aliphatic rings. The Hall–Kier alpha value is -3.86. The van der Waals surface area contributed by atoms with E-state index >= 15 is 0 Å². The Balaban J connectivity index is 0.00000206. The third-order valence-electron chi connectivity index (χ3n) is 6.14. The number of rotatable bonds is 2. The van der Waals surface area contributed by atoms with Gasteiger partial charge in [-0.1, -0.05) is 29.1 Å². The Kier molecular flexibility index (Phi) is 4.57. The molecule has 6 heteroatoms. The van der Waals surface area contributed by atoms with E-state index in [1.165, 1.54) is 5.56 Å². The second kappa shape index (κ2) is 7.62. The number of nitrogens with zero attached hydrogens (tertiary/aromatic N) is 5. The molecule has 0 bridgehead atoms. The van der Waals surface area contributed by atoms with Crippen molar-refractivity contribution in [2.24, 2.45) is 0 Å². The van der Waals surface area contributed by atoms with Crippen LogP contribution < -0.4 is 0 Å². The smallest absolute Gasteiger partial charge is 0.0603 e. The van der Waals surface area contributed by atoms with Crippen molar-refractivity contribution in [3.05, 3.63) is 104 Å². The van der Waals surface area contributed by atoms with Crippen LogP contribution in [-0.4, -0.2) is 23.9 Å². The van der Waals surface area contributed by atoms with Crippen molar-refractivity contribution >= 4 is 38.2 Å². The van der Waals surface area contributed by atoms with Crippen LogP contribution in [0.2, 0.25) is 0 Å². The predicted molar refractivity (Wildman–Crippen MR) is 127 cm³/mol. The zero-order valence-electron chi connectivity index (χ0n) is 17.3. The summed E-state index contributed by atoms with van der Waals surface area (Å²) in [5.41, 5.74) is 6.61. The van der Waals surface area contributed by atoms with Crippen LogP contribution in [0.25, 0.3) is 55.0 Å². The standard InChI is InChI=1S/C27H16N5.Ir/c1-2-20(21-10-14-31-15-13-30-27(31)22(21)3-1)18-4-6-19(7-5-18)32-25-8-11-28-16-23(25)24-17-29-12-9-26(24)32;/h1-2,4-17H;/q-1;. The molecule has 0 atom stereocenters. The van der Waals surface area contributed by atoms with E-state index in [-0.39, 0.29) is 20.1 Å². The third kappa shape index (κ3) is 2.92. The van der Waals surface area contributed by atoms with Gasteiger partial charge in [0.1, 0.15) is 0 Å². The number of aromatic nitrogens is 5. The number of hydrogen-bond donors (Lipinski definition) is 0. The molecule has 0 aliphatic carbocycles. The average molecular weight is 603 g/mol. The Labute approximate surface area is 202 Å². The molecule has 0 saturated carbocycles. The van der Waals surface area contributed by atoms with Gasteiger partial charge in [0.15, 0.2) is 0 Å². The largest absolute Gasteiger partial charge is 0.347 e. The van der Waals surface area contributed by atoms with E-state index in [0.717, 1.165) is 49.5 Å². The second-order valence-corrected chi connectivity index (χ2v) is 7.82. The molecule has 159 valence electrons. The molecule has 5 aromatic heterocycles. The van der Waals surface area contributed by atoms with Gasteiger partial charge in [0.2, 0.25) is 0 Å². The summed E-state index contributed by atoms with van der Waals surface area (Å²) in [5, 5.41) is 4.38. The molecule has 0 fully saturated rings. The SMILES string of the molecule is [Ir].[c-]1ccc(-c2ccc(-n3c4ccncc4c4cnccc43)cc2)c2ccn3ccnc3c12. The van der Waals surface area contributed by atoms with Gasteiger partial charge in [-0.15, -0.1) is 23.6 Å². The fraction of sp³-hybridized carbons (Fsp3) is 0. The van der Waals surface area contributed by atoms with E-state index < -0.39 is 0 Å². The third-order valence-corrected chi connectivity index (χ3v) is 6.14. The minimum atomic E-state index is 0. The predicted octanol–water partition coefficient (Wildman–Crippen LogP) is 5.84. The van der Waals surface area contributed by atoms with Crippen LogP contribution in [0.1, 0.15) is 0 Å². The van der Waals surface area contributed by atoms with Crippen molar-refractivity contribution in [2.75, 3.05) is 0 Å². The van der Waals surface area contributed by atoms with Crippen molar-refractivity contribution in [2.45, 2.75) is 0 Å². The van der Waals surface area contributed by atoms with Gasteiger partial charge >= 0.3 is 0 Å². The number of pyridine rings is 3. The van der Waals surface area contributed by atoms with E-state index in [9.17, 15) is 0 Å². The summed E-state index contributed by atoms with van der Waals surface area (Å²) >= 11 is 0. The molecule has 5 heterocycles. The van der Waals surface area contributed by atoms with Crippen LogP contribution in [0.3, 0.4) is 0 Å².